The molecule has 1 amide bonds. The van der Waals surface area contributed by atoms with E-state index in [0.29, 0.717) is 25.1 Å². The van der Waals surface area contributed by atoms with E-state index in [1.54, 1.807) is 11.0 Å². The highest BCUT2D eigenvalue weighted by Crippen LogP contribution is 2.24. The summed E-state index contributed by atoms with van der Waals surface area (Å²) in [6, 6.07) is 11.2. The smallest absolute Gasteiger partial charge is 0.253 e. The highest BCUT2D eigenvalue weighted by molar-refractivity contribution is 5.95. The fraction of sp³-hybridized carbons (Fsp3) is 0.312. The lowest BCUT2D eigenvalue weighted by Crippen LogP contribution is -2.29. The van der Waals surface area contributed by atoms with Gasteiger partial charge in [0.1, 0.15) is 11.5 Å². The van der Waals surface area contributed by atoms with Gasteiger partial charge in [0, 0.05) is 24.2 Å². The summed E-state index contributed by atoms with van der Waals surface area (Å²) in [6.45, 7) is 2.93. The van der Waals surface area contributed by atoms with E-state index in [1.165, 1.54) is 0 Å². The van der Waals surface area contributed by atoms with Crippen molar-refractivity contribution in [3.63, 3.8) is 0 Å². The van der Waals surface area contributed by atoms with Crippen molar-refractivity contribution >= 4 is 5.91 Å². The number of rotatable bonds is 2. The summed E-state index contributed by atoms with van der Waals surface area (Å²) in [5, 5.41) is 9.52. The quantitative estimate of drug-likeness (QED) is 0.913. The molecule has 1 aliphatic rings. The zero-order chi connectivity index (χ0) is 14.1. The zero-order valence-corrected chi connectivity index (χ0v) is 11.4. The van der Waals surface area contributed by atoms with E-state index in [0.717, 1.165) is 17.1 Å². The molecule has 1 saturated heterocycles. The lowest BCUT2D eigenvalue weighted by Gasteiger charge is -2.15. The number of aliphatic hydroxyl groups excluding tert-OH is 1. The van der Waals surface area contributed by atoms with Crippen LogP contribution < -0.4 is 0 Å². The summed E-state index contributed by atoms with van der Waals surface area (Å²) in [4.78, 5) is 14.1. The van der Waals surface area contributed by atoms with Gasteiger partial charge in [0.15, 0.2) is 0 Å². The fourth-order valence-corrected chi connectivity index (χ4v) is 2.50. The van der Waals surface area contributed by atoms with Crippen LogP contribution in [0.4, 0.5) is 0 Å². The molecule has 0 saturated carbocycles. The number of nitrogens with zero attached hydrogens (tertiary/aromatic N) is 1. The Hall–Kier alpha value is -2.07. The topological polar surface area (TPSA) is 53.7 Å². The van der Waals surface area contributed by atoms with Gasteiger partial charge in [-0.3, -0.25) is 4.79 Å². The van der Waals surface area contributed by atoms with Gasteiger partial charge in [-0.15, -0.1) is 0 Å². The number of amides is 1. The predicted molar refractivity (Wildman–Crippen MR) is 75.4 cm³/mol. The minimum Gasteiger partial charge on any atom is -0.461 e. The van der Waals surface area contributed by atoms with E-state index in [-0.39, 0.29) is 5.91 Å². The third-order valence-corrected chi connectivity index (χ3v) is 3.58. The van der Waals surface area contributed by atoms with Crippen LogP contribution in [0.1, 0.15) is 22.5 Å². The molecule has 20 heavy (non-hydrogen) atoms. The van der Waals surface area contributed by atoms with Crippen LogP contribution in [-0.4, -0.2) is 35.1 Å². The van der Waals surface area contributed by atoms with E-state index >= 15 is 0 Å². The lowest BCUT2D eigenvalue weighted by molar-refractivity contribution is 0.0765. The van der Waals surface area contributed by atoms with Crippen LogP contribution in [0.25, 0.3) is 11.3 Å². The Labute approximate surface area is 117 Å². The average Bonchev–Trinajstić information content (AvgIpc) is 3.07. The summed E-state index contributed by atoms with van der Waals surface area (Å²) in [5.74, 6) is 1.57. The summed E-state index contributed by atoms with van der Waals surface area (Å²) < 4.78 is 5.58. The molecule has 1 aromatic carbocycles. The second kappa shape index (κ2) is 5.13. The van der Waals surface area contributed by atoms with Crippen LogP contribution in [0, 0.1) is 6.92 Å². The number of furan rings is 1. The molecular formula is C16H17NO3. The van der Waals surface area contributed by atoms with Crippen molar-refractivity contribution in [3.8, 4) is 11.3 Å². The molecule has 0 radical (unpaired) electrons. The van der Waals surface area contributed by atoms with Crippen molar-refractivity contribution in [1.82, 2.24) is 4.90 Å². The summed E-state index contributed by atoms with van der Waals surface area (Å²) in [6.07, 6.45) is 0.262. The van der Waals surface area contributed by atoms with Crippen LogP contribution in [0.5, 0.6) is 0 Å². The van der Waals surface area contributed by atoms with Crippen LogP contribution in [0.2, 0.25) is 0 Å². The lowest BCUT2D eigenvalue weighted by atomic mass is 10.1. The molecule has 4 heteroatoms. The van der Waals surface area contributed by atoms with Crippen molar-refractivity contribution < 1.29 is 14.3 Å². The van der Waals surface area contributed by atoms with E-state index in [4.69, 9.17) is 4.42 Å². The Balaban J connectivity index is 1.86. The van der Waals surface area contributed by atoms with Gasteiger partial charge >= 0.3 is 0 Å². The van der Waals surface area contributed by atoms with Crippen LogP contribution in [0.15, 0.2) is 40.8 Å². The molecule has 0 aliphatic carbocycles. The summed E-state index contributed by atoms with van der Waals surface area (Å²) >= 11 is 0. The van der Waals surface area contributed by atoms with Crippen molar-refractivity contribution in [2.24, 2.45) is 0 Å². The second-order valence-electron chi connectivity index (χ2n) is 5.18. The molecule has 2 heterocycles. The first-order chi connectivity index (χ1) is 9.63. The number of β-amino-alcohol motifs (C(OH)–C–C–N with tert-alkyl or cyclic N) is 1. The molecule has 3 rings (SSSR count). The molecule has 1 aliphatic heterocycles. The normalized spacial score (nSPS) is 18.5. The molecule has 0 unspecified atom stereocenters. The van der Waals surface area contributed by atoms with Crippen LogP contribution >= 0.6 is 0 Å². The maximum Gasteiger partial charge on any atom is 0.253 e. The van der Waals surface area contributed by atoms with Crippen molar-refractivity contribution in [1.29, 1.82) is 0 Å². The number of hydrogen-bond acceptors (Lipinski definition) is 3. The first-order valence-corrected chi connectivity index (χ1v) is 6.78. The van der Waals surface area contributed by atoms with Gasteiger partial charge in [-0.25, -0.2) is 0 Å². The Morgan fingerprint density at radius 1 is 1.35 bits per heavy atom. The third kappa shape index (κ3) is 2.47. The minimum absolute atomic E-state index is 0.0355. The second-order valence-corrected chi connectivity index (χ2v) is 5.18. The fourth-order valence-electron chi connectivity index (χ4n) is 2.50. The Bertz CT molecular complexity index is 632. The van der Waals surface area contributed by atoms with Gasteiger partial charge < -0.3 is 14.4 Å². The molecule has 104 valence electrons. The average molecular weight is 271 g/mol. The van der Waals surface area contributed by atoms with Gasteiger partial charge in [-0.05, 0) is 37.6 Å². The largest absolute Gasteiger partial charge is 0.461 e. The minimum atomic E-state index is -0.394. The molecule has 4 nitrogen and oxygen atoms in total. The van der Waals surface area contributed by atoms with Gasteiger partial charge in [-0.2, -0.15) is 0 Å². The van der Waals surface area contributed by atoms with Gasteiger partial charge in [0.05, 0.1) is 6.10 Å². The number of aliphatic hydroxyl groups is 1. The predicted octanol–water partition coefficient (Wildman–Crippen LogP) is 2.46. The molecule has 1 N–H and O–H groups in total. The maximum atomic E-state index is 12.4. The molecule has 2 aromatic rings. The standard InChI is InChI=1S/C16H17NO3/c1-11-5-6-15(20-11)12-3-2-4-13(9-12)16(19)17-8-7-14(18)10-17/h2-6,9,14,18H,7-8,10H2,1H3/t14-/m0/s1. The first-order valence-electron chi connectivity index (χ1n) is 6.78. The summed E-state index contributed by atoms with van der Waals surface area (Å²) in [5.41, 5.74) is 1.52. The SMILES string of the molecule is Cc1ccc(-c2cccc(C(=O)N3CC[C@H](O)C3)c2)o1. The third-order valence-electron chi connectivity index (χ3n) is 3.58. The van der Waals surface area contributed by atoms with Crippen LogP contribution in [0.3, 0.4) is 0 Å². The number of carbonyl (C=O) groups is 1. The van der Waals surface area contributed by atoms with Gasteiger partial charge in [0.2, 0.25) is 0 Å². The van der Waals surface area contributed by atoms with Crippen LogP contribution in [-0.2, 0) is 0 Å². The number of likely N-dealkylation sites (tertiary alicyclic amines) is 1. The first kappa shape index (κ1) is 12.9. The molecule has 1 aromatic heterocycles. The number of carbonyl (C=O) groups excluding carboxylic acids is 1. The molecular weight excluding hydrogens is 254 g/mol. The van der Waals surface area contributed by atoms with Gasteiger partial charge in [0.25, 0.3) is 5.91 Å². The highest BCUT2D eigenvalue weighted by Gasteiger charge is 2.25. The van der Waals surface area contributed by atoms with E-state index in [2.05, 4.69) is 0 Å². The zero-order valence-electron chi connectivity index (χ0n) is 11.4. The Kier molecular flexibility index (Phi) is 3.32. The van der Waals surface area contributed by atoms with E-state index in [1.807, 2.05) is 37.3 Å². The number of hydrogen-bond donors (Lipinski definition) is 1. The van der Waals surface area contributed by atoms with E-state index < -0.39 is 6.10 Å². The maximum absolute atomic E-state index is 12.4. The van der Waals surface area contributed by atoms with Gasteiger partial charge in [-0.1, -0.05) is 12.1 Å². The highest BCUT2D eigenvalue weighted by atomic mass is 16.3. The molecule has 1 fully saturated rings. The monoisotopic (exact) mass is 271 g/mol. The number of benzene rings is 1. The van der Waals surface area contributed by atoms with E-state index in [9.17, 15) is 9.90 Å². The van der Waals surface area contributed by atoms with Crippen molar-refractivity contribution in [3.05, 3.63) is 47.7 Å². The molecule has 0 spiro atoms. The van der Waals surface area contributed by atoms with Crippen molar-refractivity contribution in [2.75, 3.05) is 13.1 Å². The molecule has 0 bridgehead atoms. The Morgan fingerprint density at radius 3 is 2.85 bits per heavy atom. The molecule has 1 atom stereocenters. The summed E-state index contributed by atoms with van der Waals surface area (Å²) in [7, 11) is 0. The van der Waals surface area contributed by atoms with Crippen molar-refractivity contribution in [2.45, 2.75) is 19.4 Å². The number of aryl methyl sites for hydroxylation is 1. The Morgan fingerprint density at radius 2 is 2.20 bits per heavy atom.